The average molecular weight is 361 g/mol. The minimum atomic E-state index is -0.0904. The van der Waals surface area contributed by atoms with Gasteiger partial charge in [0.2, 0.25) is 0 Å². The van der Waals surface area contributed by atoms with E-state index in [0.717, 1.165) is 9.26 Å². The Kier molecular flexibility index (Phi) is 4.55. The molecule has 0 aliphatic heterocycles. The van der Waals surface area contributed by atoms with E-state index in [4.69, 9.17) is 0 Å². The van der Waals surface area contributed by atoms with Gasteiger partial charge in [0.05, 0.1) is 11.8 Å². The summed E-state index contributed by atoms with van der Waals surface area (Å²) < 4.78 is 0.920. The van der Waals surface area contributed by atoms with Crippen molar-refractivity contribution in [3.63, 3.8) is 0 Å². The van der Waals surface area contributed by atoms with Crippen LogP contribution in [0.1, 0.15) is 10.4 Å². The molecule has 19 heavy (non-hydrogen) atoms. The lowest BCUT2D eigenvalue weighted by molar-refractivity contribution is 0.0997. The topological polar surface area (TPSA) is 20.3 Å². The molecule has 94 valence electrons. The van der Waals surface area contributed by atoms with Crippen LogP contribution in [0.5, 0.6) is 0 Å². The molecule has 1 amide bonds. The molecule has 3 heteroatoms. The molecule has 0 N–H and O–H groups in total. The second kappa shape index (κ2) is 6.36. The number of carbonyl (C=O) groups excluding carboxylic acids is 1. The minimum Gasteiger partial charge on any atom is -0.277 e. The van der Waals surface area contributed by atoms with Gasteiger partial charge in [0, 0.05) is 9.26 Å². The lowest BCUT2D eigenvalue weighted by atomic mass is 10.2. The Balaban J connectivity index is 2.44. The van der Waals surface area contributed by atoms with Crippen LogP contribution in [0.4, 0.5) is 5.69 Å². The summed E-state index contributed by atoms with van der Waals surface area (Å²) in [5.74, 6) is -0.0904. The van der Waals surface area contributed by atoms with Gasteiger partial charge < -0.3 is 0 Å². The Hall–Kier alpha value is -1.84. The van der Waals surface area contributed by atoms with Gasteiger partial charge in [-0.2, -0.15) is 0 Å². The van der Waals surface area contributed by atoms with E-state index in [9.17, 15) is 4.79 Å². The molecule has 0 fully saturated rings. The fraction of sp³-hybridized carbons (Fsp3) is 0. The predicted octanol–water partition coefficient (Wildman–Crippen LogP) is 4.24. The Morgan fingerprint density at radius 3 is 2.37 bits per heavy atom. The van der Waals surface area contributed by atoms with Crippen LogP contribution in [-0.4, -0.2) is 5.91 Å². The largest absolute Gasteiger partial charge is 0.277 e. The van der Waals surface area contributed by atoms with E-state index >= 15 is 0 Å². The molecule has 0 spiro atoms. The molecule has 0 aliphatic rings. The van der Waals surface area contributed by atoms with E-state index in [1.54, 1.807) is 11.1 Å². The maximum absolute atomic E-state index is 12.6. The number of rotatable bonds is 3. The third kappa shape index (κ3) is 3.13. The van der Waals surface area contributed by atoms with Crippen molar-refractivity contribution in [2.45, 2.75) is 0 Å². The summed E-state index contributed by atoms with van der Waals surface area (Å²) in [5, 5.41) is 0. The summed E-state index contributed by atoms with van der Waals surface area (Å²) in [6, 6.07) is 16.9. The van der Waals surface area contributed by atoms with Gasteiger partial charge in [-0.25, -0.2) is 0 Å². The Morgan fingerprint density at radius 2 is 1.74 bits per heavy atom. The standard InChI is InChI=1S/C16H12INO/c1-2-12-18(13-8-4-3-5-9-13)16(19)14-10-6-7-11-15(14)17/h3-12H,1H2. The number of hydrogen-bond donors (Lipinski definition) is 0. The quantitative estimate of drug-likeness (QED) is 0.592. The zero-order valence-corrected chi connectivity index (χ0v) is 12.4. The first-order valence-electron chi connectivity index (χ1n) is 5.73. The van der Waals surface area contributed by atoms with Crippen molar-refractivity contribution < 1.29 is 4.79 Å². The first-order chi connectivity index (χ1) is 9.24. The minimum absolute atomic E-state index is 0.0904. The van der Waals surface area contributed by atoms with E-state index < -0.39 is 0 Å². The van der Waals surface area contributed by atoms with Crippen LogP contribution in [0.25, 0.3) is 0 Å². The summed E-state index contributed by atoms with van der Waals surface area (Å²) in [6.07, 6.45) is 1.56. The summed E-state index contributed by atoms with van der Waals surface area (Å²) in [4.78, 5) is 14.1. The molecule has 2 aromatic carbocycles. The fourth-order valence-corrected chi connectivity index (χ4v) is 2.31. The highest BCUT2D eigenvalue weighted by atomic mass is 127. The first kappa shape index (κ1) is 13.6. The smallest absolute Gasteiger partial charge is 0.263 e. The number of halogens is 1. The zero-order chi connectivity index (χ0) is 13.7. The third-order valence-electron chi connectivity index (χ3n) is 2.58. The van der Waals surface area contributed by atoms with Crippen molar-refractivity contribution in [1.82, 2.24) is 0 Å². The molecule has 2 rings (SSSR count). The molecule has 0 bridgehead atoms. The maximum atomic E-state index is 12.6. The normalized spacial score (nSPS) is 9.53. The molecule has 0 aliphatic carbocycles. The summed E-state index contributed by atoms with van der Waals surface area (Å²) in [5.41, 5.74) is 4.12. The highest BCUT2D eigenvalue weighted by molar-refractivity contribution is 14.1. The van der Waals surface area contributed by atoms with Crippen LogP contribution in [0.2, 0.25) is 0 Å². The molecule has 0 unspecified atom stereocenters. The van der Waals surface area contributed by atoms with Crippen molar-refractivity contribution in [2.75, 3.05) is 4.90 Å². The SMILES string of the molecule is C=C=CN(C(=O)c1ccccc1I)c1ccccc1. The summed E-state index contributed by atoms with van der Waals surface area (Å²) in [7, 11) is 0. The van der Waals surface area contributed by atoms with Crippen LogP contribution in [0.15, 0.2) is 73.1 Å². The van der Waals surface area contributed by atoms with E-state index in [2.05, 4.69) is 34.9 Å². The highest BCUT2D eigenvalue weighted by Crippen LogP contribution is 2.20. The van der Waals surface area contributed by atoms with Crippen LogP contribution in [-0.2, 0) is 0 Å². The molecule has 0 atom stereocenters. The van der Waals surface area contributed by atoms with Gasteiger partial charge in [-0.05, 0) is 46.9 Å². The molecule has 2 nitrogen and oxygen atoms in total. The van der Waals surface area contributed by atoms with Crippen LogP contribution in [0, 0.1) is 3.57 Å². The molecule has 0 saturated heterocycles. The molecule has 0 radical (unpaired) electrons. The van der Waals surface area contributed by atoms with E-state index in [0.29, 0.717) is 5.56 Å². The molecular formula is C16H12INO. The summed E-state index contributed by atoms with van der Waals surface area (Å²) >= 11 is 2.16. The van der Waals surface area contributed by atoms with E-state index in [-0.39, 0.29) is 5.91 Å². The third-order valence-corrected chi connectivity index (χ3v) is 3.52. The monoisotopic (exact) mass is 361 g/mol. The molecule has 2 aromatic rings. The highest BCUT2D eigenvalue weighted by Gasteiger charge is 2.17. The zero-order valence-electron chi connectivity index (χ0n) is 10.2. The van der Waals surface area contributed by atoms with Crippen LogP contribution < -0.4 is 4.90 Å². The van der Waals surface area contributed by atoms with E-state index in [1.807, 2.05) is 54.6 Å². The summed E-state index contributed by atoms with van der Waals surface area (Å²) in [6.45, 7) is 3.55. The van der Waals surface area contributed by atoms with Crippen molar-refractivity contribution in [1.29, 1.82) is 0 Å². The number of hydrogen-bond acceptors (Lipinski definition) is 1. The van der Waals surface area contributed by atoms with E-state index in [1.165, 1.54) is 0 Å². The van der Waals surface area contributed by atoms with Crippen LogP contribution >= 0.6 is 22.6 Å². The van der Waals surface area contributed by atoms with Gasteiger partial charge in [-0.15, -0.1) is 5.73 Å². The lowest BCUT2D eigenvalue weighted by Crippen LogP contribution is -2.25. The second-order valence-corrected chi connectivity index (χ2v) is 4.99. The number of benzene rings is 2. The number of para-hydroxylation sites is 1. The molecular weight excluding hydrogens is 349 g/mol. The predicted molar refractivity (Wildman–Crippen MR) is 86.1 cm³/mol. The van der Waals surface area contributed by atoms with Gasteiger partial charge >= 0.3 is 0 Å². The average Bonchev–Trinajstić information content (AvgIpc) is 2.45. The first-order valence-corrected chi connectivity index (χ1v) is 6.81. The van der Waals surface area contributed by atoms with Crippen molar-refractivity contribution >= 4 is 34.2 Å². The van der Waals surface area contributed by atoms with Crippen molar-refractivity contribution in [3.05, 3.63) is 82.2 Å². The number of amides is 1. The molecule has 0 aromatic heterocycles. The Morgan fingerprint density at radius 1 is 1.11 bits per heavy atom. The lowest BCUT2D eigenvalue weighted by Gasteiger charge is -2.18. The molecule has 0 saturated carbocycles. The number of anilines is 1. The van der Waals surface area contributed by atoms with Gasteiger partial charge in [-0.3, -0.25) is 9.69 Å². The Bertz CT molecular complexity index is 630. The second-order valence-electron chi connectivity index (χ2n) is 3.82. The number of carbonyl (C=O) groups is 1. The Labute approximate surface area is 126 Å². The van der Waals surface area contributed by atoms with Gasteiger partial charge in [0.1, 0.15) is 0 Å². The van der Waals surface area contributed by atoms with Crippen molar-refractivity contribution in [2.24, 2.45) is 0 Å². The number of nitrogens with zero attached hydrogens (tertiary/aromatic N) is 1. The van der Waals surface area contributed by atoms with Crippen LogP contribution in [0.3, 0.4) is 0 Å². The van der Waals surface area contributed by atoms with Crippen molar-refractivity contribution in [3.8, 4) is 0 Å². The fourth-order valence-electron chi connectivity index (χ4n) is 1.69. The van der Waals surface area contributed by atoms with Gasteiger partial charge in [0.25, 0.3) is 5.91 Å². The maximum Gasteiger partial charge on any atom is 0.263 e. The molecule has 0 heterocycles. The van der Waals surface area contributed by atoms with Gasteiger partial charge in [-0.1, -0.05) is 36.9 Å². The van der Waals surface area contributed by atoms with Gasteiger partial charge in [0.15, 0.2) is 0 Å².